The second kappa shape index (κ2) is 8.67. The lowest BCUT2D eigenvalue weighted by molar-refractivity contribution is -0.122. The first kappa shape index (κ1) is 17.5. The zero-order chi connectivity index (χ0) is 16.7. The highest BCUT2D eigenvalue weighted by atomic mass is 16.5. The first-order valence-electron chi connectivity index (χ1n) is 8.27. The molecule has 0 aromatic heterocycles. The molecule has 2 atom stereocenters. The summed E-state index contributed by atoms with van der Waals surface area (Å²) in [6, 6.07) is 7.33. The molecule has 5 nitrogen and oxygen atoms in total. The summed E-state index contributed by atoms with van der Waals surface area (Å²) in [5, 5.41) is 6.41. The number of rotatable bonds is 7. The number of nitrogens with one attached hydrogen (secondary N) is 2. The highest BCUT2D eigenvalue weighted by Gasteiger charge is 2.22. The molecular formula is C18H26N2O3. The van der Waals surface area contributed by atoms with Gasteiger partial charge in [-0.25, -0.2) is 0 Å². The van der Waals surface area contributed by atoms with E-state index in [2.05, 4.69) is 17.6 Å². The van der Waals surface area contributed by atoms with Crippen molar-refractivity contribution in [1.29, 1.82) is 0 Å². The summed E-state index contributed by atoms with van der Waals surface area (Å²) >= 11 is 0. The van der Waals surface area contributed by atoms with E-state index in [4.69, 9.17) is 4.74 Å². The quantitative estimate of drug-likeness (QED) is 0.756. The van der Waals surface area contributed by atoms with Crippen LogP contribution < -0.4 is 15.4 Å². The lowest BCUT2D eigenvalue weighted by atomic mass is 9.95. The minimum absolute atomic E-state index is 0.0475. The van der Waals surface area contributed by atoms with Crippen molar-refractivity contribution in [3.63, 3.8) is 0 Å². The molecule has 0 bridgehead atoms. The summed E-state index contributed by atoms with van der Waals surface area (Å²) in [6.45, 7) is 4.04. The van der Waals surface area contributed by atoms with Gasteiger partial charge < -0.3 is 15.4 Å². The second-order valence-corrected chi connectivity index (χ2v) is 6.15. The molecule has 0 spiro atoms. The zero-order valence-electron chi connectivity index (χ0n) is 13.9. The van der Waals surface area contributed by atoms with Crippen LogP contribution in [0.25, 0.3) is 0 Å². The first-order chi connectivity index (χ1) is 11.1. The lowest BCUT2D eigenvalue weighted by Crippen LogP contribution is -2.48. The molecule has 1 fully saturated rings. The van der Waals surface area contributed by atoms with Crippen LogP contribution in [0.15, 0.2) is 24.3 Å². The smallest absolute Gasteiger partial charge is 0.220 e. The molecule has 1 heterocycles. The number of carbonyl (C=O) groups is 2. The summed E-state index contributed by atoms with van der Waals surface area (Å²) in [6.07, 6.45) is 2.34. The summed E-state index contributed by atoms with van der Waals surface area (Å²) in [5.41, 5.74) is 0.665. The van der Waals surface area contributed by atoms with E-state index in [-0.39, 0.29) is 17.7 Å². The van der Waals surface area contributed by atoms with E-state index in [9.17, 15) is 9.59 Å². The Morgan fingerprint density at radius 2 is 2.00 bits per heavy atom. The van der Waals surface area contributed by atoms with Crippen LogP contribution in [0.4, 0.5) is 0 Å². The second-order valence-electron chi connectivity index (χ2n) is 6.15. The standard InChI is InChI=1S/C18H26N2O3/c1-13-12-19-11-10-16(13)20-18(22)5-3-4-17(21)14-6-8-15(23-2)9-7-14/h6-9,13,16,19H,3-5,10-12H2,1-2H3,(H,20,22). The number of methoxy groups -OCH3 is 1. The van der Waals surface area contributed by atoms with Gasteiger partial charge in [-0.15, -0.1) is 0 Å². The number of carbonyl (C=O) groups excluding carboxylic acids is 2. The fraction of sp³-hybridized carbons (Fsp3) is 0.556. The molecule has 1 saturated heterocycles. The first-order valence-corrected chi connectivity index (χ1v) is 8.27. The van der Waals surface area contributed by atoms with Crippen molar-refractivity contribution in [2.24, 2.45) is 5.92 Å². The number of Topliss-reactive ketones (excluding diaryl/α,β-unsaturated/α-hetero) is 1. The van der Waals surface area contributed by atoms with Crippen molar-refractivity contribution in [1.82, 2.24) is 10.6 Å². The van der Waals surface area contributed by atoms with E-state index >= 15 is 0 Å². The maximum Gasteiger partial charge on any atom is 0.220 e. The Kier molecular flexibility index (Phi) is 6.59. The maximum absolute atomic E-state index is 12.1. The van der Waals surface area contributed by atoms with Gasteiger partial charge >= 0.3 is 0 Å². The lowest BCUT2D eigenvalue weighted by Gasteiger charge is -2.30. The topological polar surface area (TPSA) is 67.4 Å². The molecule has 0 saturated carbocycles. The fourth-order valence-corrected chi connectivity index (χ4v) is 2.84. The van der Waals surface area contributed by atoms with Crippen molar-refractivity contribution in [3.8, 4) is 5.75 Å². The molecular weight excluding hydrogens is 292 g/mol. The normalized spacial score (nSPS) is 20.8. The van der Waals surface area contributed by atoms with Crippen LogP contribution in [-0.2, 0) is 4.79 Å². The van der Waals surface area contributed by atoms with E-state index < -0.39 is 0 Å². The van der Waals surface area contributed by atoms with Gasteiger partial charge in [-0.1, -0.05) is 6.92 Å². The molecule has 1 aromatic carbocycles. The van der Waals surface area contributed by atoms with Crippen LogP contribution in [0.1, 0.15) is 43.0 Å². The van der Waals surface area contributed by atoms with Gasteiger partial charge in [0.1, 0.15) is 5.75 Å². The average molecular weight is 318 g/mol. The zero-order valence-corrected chi connectivity index (χ0v) is 13.9. The van der Waals surface area contributed by atoms with Crippen LogP contribution in [0.3, 0.4) is 0 Å². The molecule has 5 heteroatoms. The van der Waals surface area contributed by atoms with Crippen molar-refractivity contribution in [2.75, 3.05) is 20.2 Å². The van der Waals surface area contributed by atoms with Crippen molar-refractivity contribution < 1.29 is 14.3 Å². The Morgan fingerprint density at radius 3 is 2.65 bits per heavy atom. The molecule has 2 rings (SSSR count). The SMILES string of the molecule is COc1ccc(C(=O)CCCC(=O)NC2CCNCC2C)cc1. The van der Waals surface area contributed by atoms with Crippen LogP contribution in [0.5, 0.6) is 5.75 Å². The highest BCUT2D eigenvalue weighted by Crippen LogP contribution is 2.14. The number of ketones is 1. The van der Waals surface area contributed by atoms with E-state index in [1.54, 1.807) is 31.4 Å². The molecule has 1 amide bonds. The Bertz CT molecular complexity index is 528. The minimum Gasteiger partial charge on any atom is -0.497 e. The Hall–Kier alpha value is -1.88. The average Bonchev–Trinajstić information content (AvgIpc) is 2.57. The number of amides is 1. The largest absolute Gasteiger partial charge is 0.497 e. The summed E-state index contributed by atoms with van der Waals surface area (Å²) in [4.78, 5) is 24.1. The molecule has 1 aliphatic rings. The maximum atomic E-state index is 12.1. The van der Waals surface area contributed by atoms with Crippen molar-refractivity contribution in [3.05, 3.63) is 29.8 Å². The van der Waals surface area contributed by atoms with E-state index in [1.165, 1.54) is 0 Å². The predicted molar refractivity (Wildman–Crippen MR) is 89.8 cm³/mol. The highest BCUT2D eigenvalue weighted by molar-refractivity contribution is 5.96. The molecule has 1 aliphatic heterocycles. The van der Waals surface area contributed by atoms with Gasteiger partial charge in [-0.2, -0.15) is 0 Å². The third-order valence-corrected chi connectivity index (χ3v) is 4.35. The minimum atomic E-state index is 0.0475. The predicted octanol–water partition coefficient (Wildman–Crippen LogP) is 2.16. The van der Waals surface area contributed by atoms with Gasteiger partial charge in [0.25, 0.3) is 0 Å². The molecule has 23 heavy (non-hydrogen) atoms. The number of ether oxygens (including phenoxy) is 1. The fourth-order valence-electron chi connectivity index (χ4n) is 2.84. The summed E-state index contributed by atoms with van der Waals surface area (Å²) in [5.74, 6) is 1.30. The number of hydrogen-bond donors (Lipinski definition) is 2. The Balaban J connectivity index is 1.70. The summed E-state index contributed by atoms with van der Waals surface area (Å²) < 4.78 is 5.07. The van der Waals surface area contributed by atoms with Crippen LogP contribution in [-0.4, -0.2) is 37.9 Å². The van der Waals surface area contributed by atoms with Crippen LogP contribution in [0, 0.1) is 5.92 Å². The molecule has 126 valence electrons. The molecule has 0 aliphatic carbocycles. The molecule has 2 unspecified atom stereocenters. The van der Waals surface area contributed by atoms with E-state index in [0.29, 0.717) is 30.7 Å². The Morgan fingerprint density at radius 1 is 1.26 bits per heavy atom. The van der Waals surface area contributed by atoms with Gasteiger partial charge in [0, 0.05) is 24.4 Å². The molecule has 1 aromatic rings. The third kappa shape index (κ3) is 5.36. The van der Waals surface area contributed by atoms with Gasteiger partial charge in [0.05, 0.1) is 7.11 Å². The number of hydrogen-bond acceptors (Lipinski definition) is 4. The monoisotopic (exact) mass is 318 g/mol. The Labute approximate surface area is 137 Å². The van der Waals surface area contributed by atoms with E-state index in [0.717, 1.165) is 25.3 Å². The van der Waals surface area contributed by atoms with Gasteiger partial charge in [0.2, 0.25) is 5.91 Å². The third-order valence-electron chi connectivity index (χ3n) is 4.35. The molecule has 2 N–H and O–H groups in total. The number of piperidine rings is 1. The van der Waals surface area contributed by atoms with Crippen LogP contribution >= 0.6 is 0 Å². The van der Waals surface area contributed by atoms with Crippen molar-refractivity contribution in [2.45, 2.75) is 38.6 Å². The molecule has 0 radical (unpaired) electrons. The van der Waals surface area contributed by atoms with Gasteiger partial charge in [-0.05, 0) is 56.1 Å². The van der Waals surface area contributed by atoms with Crippen molar-refractivity contribution >= 4 is 11.7 Å². The van der Waals surface area contributed by atoms with Crippen LogP contribution in [0.2, 0.25) is 0 Å². The van der Waals surface area contributed by atoms with E-state index in [1.807, 2.05) is 0 Å². The summed E-state index contributed by atoms with van der Waals surface area (Å²) in [7, 11) is 1.60. The number of benzene rings is 1. The van der Waals surface area contributed by atoms with Gasteiger partial charge in [-0.3, -0.25) is 9.59 Å². The van der Waals surface area contributed by atoms with Gasteiger partial charge in [0.15, 0.2) is 5.78 Å².